The third-order valence-corrected chi connectivity index (χ3v) is 3.13. The highest BCUT2D eigenvalue weighted by molar-refractivity contribution is 5.96. The van der Waals surface area contributed by atoms with Crippen LogP contribution in [0.1, 0.15) is 40.3 Å². The van der Waals surface area contributed by atoms with Crippen LogP contribution in [0.3, 0.4) is 0 Å². The van der Waals surface area contributed by atoms with Gasteiger partial charge in [-0.1, -0.05) is 11.2 Å². The molecule has 0 spiro atoms. The smallest absolute Gasteiger partial charge is 0.256 e. The highest BCUT2D eigenvalue weighted by Gasteiger charge is 2.16. The highest BCUT2D eigenvalue weighted by atomic mass is 16.5. The van der Waals surface area contributed by atoms with Crippen molar-refractivity contribution in [3.8, 4) is 0 Å². The average Bonchev–Trinajstić information content (AvgIpc) is 2.79. The van der Waals surface area contributed by atoms with Gasteiger partial charge >= 0.3 is 0 Å². The van der Waals surface area contributed by atoms with E-state index < -0.39 is 0 Å². The fraction of sp³-hybridized carbons (Fsp3) is 0.400. The molecule has 0 aliphatic carbocycles. The molecule has 20 heavy (non-hydrogen) atoms. The Morgan fingerprint density at radius 3 is 2.80 bits per heavy atom. The molecule has 0 aromatic carbocycles. The number of pyridine rings is 1. The first kappa shape index (κ1) is 14.2. The lowest BCUT2D eigenvalue weighted by Gasteiger charge is -2.04. The first-order valence-corrected chi connectivity index (χ1v) is 6.79. The first-order valence-electron chi connectivity index (χ1n) is 6.79. The molecule has 2 heterocycles. The van der Waals surface area contributed by atoms with E-state index >= 15 is 0 Å². The fourth-order valence-electron chi connectivity index (χ4n) is 2.07. The van der Waals surface area contributed by atoms with Crippen LogP contribution in [0, 0.1) is 13.8 Å². The summed E-state index contributed by atoms with van der Waals surface area (Å²) in [5.74, 6) is 0.451. The summed E-state index contributed by atoms with van der Waals surface area (Å²) in [6.45, 7) is 4.16. The number of aromatic nitrogens is 2. The van der Waals surface area contributed by atoms with Crippen LogP contribution in [-0.4, -0.2) is 22.6 Å². The van der Waals surface area contributed by atoms with Crippen LogP contribution in [0.2, 0.25) is 0 Å². The molecule has 0 atom stereocenters. The molecule has 0 radical (unpaired) electrons. The van der Waals surface area contributed by atoms with E-state index in [9.17, 15) is 4.79 Å². The fourth-order valence-corrected chi connectivity index (χ4v) is 2.07. The number of hydrogen-bond acceptors (Lipinski definition) is 4. The lowest BCUT2D eigenvalue weighted by atomic mass is 10.1. The maximum absolute atomic E-state index is 12.0. The van der Waals surface area contributed by atoms with Crippen LogP contribution in [0.4, 0.5) is 0 Å². The summed E-state index contributed by atoms with van der Waals surface area (Å²) in [6, 6.07) is 5.91. The SMILES string of the molecule is Cc1noc(C)c1C(=O)NCCCCc1ccccn1. The van der Waals surface area contributed by atoms with Gasteiger partial charge < -0.3 is 9.84 Å². The van der Waals surface area contributed by atoms with Gasteiger partial charge in [0.2, 0.25) is 0 Å². The minimum atomic E-state index is -0.112. The van der Waals surface area contributed by atoms with Gasteiger partial charge in [-0.15, -0.1) is 0 Å². The van der Waals surface area contributed by atoms with Crippen molar-refractivity contribution in [2.45, 2.75) is 33.1 Å². The van der Waals surface area contributed by atoms with Gasteiger partial charge in [0.15, 0.2) is 0 Å². The van der Waals surface area contributed by atoms with Crippen molar-refractivity contribution in [3.05, 3.63) is 47.1 Å². The van der Waals surface area contributed by atoms with Gasteiger partial charge in [-0.25, -0.2) is 0 Å². The van der Waals surface area contributed by atoms with Crippen LogP contribution in [0.15, 0.2) is 28.9 Å². The molecule has 1 amide bonds. The van der Waals surface area contributed by atoms with E-state index in [1.807, 2.05) is 18.2 Å². The zero-order valence-electron chi connectivity index (χ0n) is 11.8. The van der Waals surface area contributed by atoms with Crippen LogP contribution in [-0.2, 0) is 6.42 Å². The van der Waals surface area contributed by atoms with E-state index in [1.165, 1.54) is 0 Å². The summed E-state index contributed by atoms with van der Waals surface area (Å²) in [6.07, 6.45) is 4.65. The molecule has 2 rings (SSSR count). The van der Waals surface area contributed by atoms with Gasteiger partial charge in [0, 0.05) is 18.4 Å². The molecule has 106 valence electrons. The quantitative estimate of drug-likeness (QED) is 0.821. The van der Waals surface area contributed by atoms with Gasteiger partial charge in [0.1, 0.15) is 11.3 Å². The number of hydrogen-bond donors (Lipinski definition) is 1. The Morgan fingerprint density at radius 2 is 2.15 bits per heavy atom. The average molecular weight is 273 g/mol. The minimum absolute atomic E-state index is 0.112. The standard InChI is InChI=1S/C15H19N3O2/c1-11-14(12(2)20-18-11)15(19)17-10-6-4-8-13-7-3-5-9-16-13/h3,5,7,9H,4,6,8,10H2,1-2H3,(H,17,19). The van der Waals surface area contributed by atoms with E-state index in [0.29, 0.717) is 23.6 Å². The van der Waals surface area contributed by atoms with Crippen LogP contribution in [0.5, 0.6) is 0 Å². The van der Waals surface area contributed by atoms with E-state index in [2.05, 4.69) is 15.5 Å². The van der Waals surface area contributed by atoms with E-state index in [4.69, 9.17) is 4.52 Å². The number of rotatable bonds is 6. The molecule has 0 unspecified atom stereocenters. The topological polar surface area (TPSA) is 68.0 Å². The molecule has 0 aliphatic heterocycles. The molecule has 0 fully saturated rings. The Hall–Kier alpha value is -2.17. The van der Waals surface area contributed by atoms with Gasteiger partial charge in [0.05, 0.1) is 5.69 Å². The highest BCUT2D eigenvalue weighted by Crippen LogP contribution is 2.11. The Bertz CT molecular complexity index is 544. The third-order valence-electron chi connectivity index (χ3n) is 3.13. The van der Waals surface area contributed by atoms with Gasteiger partial charge in [-0.05, 0) is 45.2 Å². The maximum Gasteiger partial charge on any atom is 0.256 e. The predicted molar refractivity (Wildman–Crippen MR) is 75.5 cm³/mol. The third kappa shape index (κ3) is 3.66. The summed E-state index contributed by atoms with van der Waals surface area (Å²) in [4.78, 5) is 16.2. The first-order chi connectivity index (χ1) is 9.68. The zero-order chi connectivity index (χ0) is 14.4. The number of carbonyl (C=O) groups excluding carboxylic acids is 1. The molecular weight excluding hydrogens is 254 g/mol. The Kier molecular flexibility index (Phi) is 4.87. The molecule has 5 heteroatoms. The molecule has 0 bridgehead atoms. The summed E-state index contributed by atoms with van der Waals surface area (Å²) in [5, 5.41) is 6.67. The van der Waals surface area contributed by atoms with Crippen LogP contribution >= 0.6 is 0 Å². The van der Waals surface area contributed by atoms with Crippen LogP contribution in [0.25, 0.3) is 0 Å². The Labute approximate surface area is 118 Å². The molecule has 0 aliphatic rings. The zero-order valence-corrected chi connectivity index (χ0v) is 11.8. The second-order valence-corrected chi connectivity index (χ2v) is 4.73. The molecule has 2 aromatic rings. The number of nitrogens with one attached hydrogen (secondary N) is 1. The number of amides is 1. The maximum atomic E-state index is 12.0. The molecule has 0 saturated carbocycles. The van der Waals surface area contributed by atoms with E-state index in [1.54, 1.807) is 20.0 Å². The lowest BCUT2D eigenvalue weighted by molar-refractivity contribution is 0.0951. The molecule has 1 N–H and O–H groups in total. The lowest BCUT2D eigenvalue weighted by Crippen LogP contribution is -2.25. The predicted octanol–water partition coefficient (Wildman–Crippen LogP) is 2.44. The van der Waals surface area contributed by atoms with Gasteiger partial charge in [-0.2, -0.15) is 0 Å². The van der Waals surface area contributed by atoms with Crippen molar-refractivity contribution >= 4 is 5.91 Å². The van der Waals surface area contributed by atoms with Gasteiger partial charge in [0.25, 0.3) is 5.91 Å². The molecular formula is C15H19N3O2. The van der Waals surface area contributed by atoms with Crippen molar-refractivity contribution in [1.29, 1.82) is 0 Å². The number of unbranched alkanes of at least 4 members (excludes halogenated alkanes) is 1. The number of carbonyl (C=O) groups is 1. The van der Waals surface area contributed by atoms with Crippen molar-refractivity contribution in [3.63, 3.8) is 0 Å². The monoisotopic (exact) mass is 273 g/mol. The van der Waals surface area contributed by atoms with Crippen molar-refractivity contribution in [2.75, 3.05) is 6.54 Å². The normalized spacial score (nSPS) is 10.5. The summed E-state index contributed by atoms with van der Waals surface area (Å²) >= 11 is 0. The largest absolute Gasteiger partial charge is 0.361 e. The molecule has 2 aromatic heterocycles. The number of aryl methyl sites for hydroxylation is 3. The van der Waals surface area contributed by atoms with Crippen molar-refractivity contribution in [1.82, 2.24) is 15.5 Å². The van der Waals surface area contributed by atoms with E-state index in [-0.39, 0.29) is 5.91 Å². The van der Waals surface area contributed by atoms with Gasteiger partial charge in [-0.3, -0.25) is 9.78 Å². The van der Waals surface area contributed by atoms with Crippen LogP contribution < -0.4 is 5.32 Å². The van der Waals surface area contributed by atoms with E-state index in [0.717, 1.165) is 25.0 Å². The minimum Gasteiger partial charge on any atom is -0.361 e. The van der Waals surface area contributed by atoms with Crippen molar-refractivity contribution in [2.24, 2.45) is 0 Å². The summed E-state index contributed by atoms with van der Waals surface area (Å²) < 4.78 is 4.98. The second kappa shape index (κ2) is 6.84. The Balaban J connectivity index is 1.70. The van der Waals surface area contributed by atoms with Crippen molar-refractivity contribution < 1.29 is 9.32 Å². The Morgan fingerprint density at radius 1 is 1.30 bits per heavy atom. The number of nitrogens with zero attached hydrogens (tertiary/aromatic N) is 2. The summed E-state index contributed by atoms with van der Waals surface area (Å²) in [7, 11) is 0. The molecule has 5 nitrogen and oxygen atoms in total. The second-order valence-electron chi connectivity index (χ2n) is 4.73. The summed E-state index contributed by atoms with van der Waals surface area (Å²) in [5.41, 5.74) is 2.27. The molecule has 0 saturated heterocycles.